The Balaban J connectivity index is 1.87. The first-order chi connectivity index (χ1) is 6.59. The number of hydrogen-bond donors (Lipinski definition) is 1. The van der Waals surface area contributed by atoms with E-state index in [1.165, 1.54) is 6.42 Å². The molecule has 14 heavy (non-hydrogen) atoms. The Bertz CT molecular complexity index is 241. The normalized spacial score (nSPS) is 43.6. The second-order valence-electron chi connectivity index (χ2n) is 4.96. The lowest BCUT2D eigenvalue weighted by atomic mass is 9.71. The molecular weight excluding hydrogens is 178 g/mol. The van der Waals surface area contributed by atoms with E-state index in [1.54, 1.807) is 0 Å². The molecule has 2 rings (SSSR count). The van der Waals surface area contributed by atoms with Gasteiger partial charge in [0.05, 0.1) is 5.92 Å². The van der Waals surface area contributed by atoms with Gasteiger partial charge in [-0.05, 0) is 31.2 Å². The van der Waals surface area contributed by atoms with E-state index >= 15 is 0 Å². The third kappa shape index (κ3) is 1.54. The summed E-state index contributed by atoms with van der Waals surface area (Å²) in [4.78, 5) is 13.2. The zero-order valence-corrected chi connectivity index (χ0v) is 8.94. The Morgan fingerprint density at radius 3 is 2.57 bits per heavy atom. The summed E-state index contributed by atoms with van der Waals surface area (Å²) >= 11 is 0. The first kappa shape index (κ1) is 9.97. The first-order valence-electron chi connectivity index (χ1n) is 5.56. The van der Waals surface area contributed by atoms with Crippen LogP contribution in [0.2, 0.25) is 0 Å². The van der Waals surface area contributed by atoms with Crippen LogP contribution in [0.15, 0.2) is 0 Å². The zero-order valence-electron chi connectivity index (χ0n) is 8.94. The lowest BCUT2D eigenvalue weighted by Crippen LogP contribution is -2.49. The summed E-state index contributed by atoms with van der Waals surface area (Å²) in [5.74, 6) is 0.844. The van der Waals surface area contributed by atoms with Crippen LogP contribution in [0.1, 0.15) is 26.7 Å². The summed E-state index contributed by atoms with van der Waals surface area (Å²) in [6.07, 6.45) is 2.10. The molecule has 4 atom stereocenters. The number of rotatable bonds is 2. The molecule has 1 N–H and O–H groups in total. The highest BCUT2D eigenvalue weighted by atomic mass is 16.4. The standard InChI is InChI=1S/C11H19NO2/c1-7-5-10(8(7)2)12-4-3-9(6-12)11(13)14/h7-10H,3-6H2,1-2H3,(H,13,14). The second kappa shape index (κ2) is 3.54. The maximum absolute atomic E-state index is 10.8. The van der Waals surface area contributed by atoms with Crippen LogP contribution >= 0.6 is 0 Å². The van der Waals surface area contributed by atoms with Gasteiger partial charge >= 0.3 is 5.97 Å². The molecule has 2 aliphatic rings. The van der Waals surface area contributed by atoms with Crippen molar-refractivity contribution in [1.29, 1.82) is 0 Å². The van der Waals surface area contributed by atoms with Gasteiger partial charge in [0.1, 0.15) is 0 Å². The highest BCUT2D eigenvalue weighted by Gasteiger charge is 2.41. The van der Waals surface area contributed by atoms with Crippen LogP contribution in [0.5, 0.6) is 0 Å². The molecule has 2 fully saturated rings. The lowest BCUT2D eigenvalue weighted by Gasteiger charge is -2.46. The molecule has 1 aliphatic carbocycles. The van der Waals surface area contributed by atoms with Crippen LogP contribution in [-0.4, -0.2) is 35.1 Å². The van der Waals surface area contributed by atoms with Crippen LogP contribution in [0.4, 0.5) is 0 Å². The van der Waals surface area contributed by atoms with Gasteiger partial charge in [0, 0.05) is 12.6 Å². The summed E-state index contributed by atoms with van der Waals surface area (Å²) in [5, 5.41) is 8.89. The number of nitrogens with zero attached hydrogens (tertiary/aromatic N) is 1. The molecule has 0 aromatic heterocycles. The predicted molar refractivity (Wildman–Crippen MR) is 54.0 cm³/mol. The van der Waals surface area contributed by atoms with E-state index < -0.39 is 5.97 Å². The van der Waals surface area contributed by atoms with Crippen molar-refractivity contribution >= 4 is 5.97 Å². The minimum absolute atomic E-state index is 0.113. The fourth-order valence-corrected chi connectivity index (χ4v) is 2.77. The third-order valence-corrected chi connectivity index (χ3v) is 4.16. The van der Waals surface area contributed by atoms with Gasteiger partial charge in [0.15, 0.2) is 0 Å². The number of likely N-dealkylation sites (tertiary alicyclic amines) is 1. The van der Waals surface area contributed by atoms with Gasteiger partial charge in [-0.15, -0.1) is 0 Å². The van der Waals surface area contributed by atoms with Crippen molar-refractivity contribution in [2.24, 2.45) is 17.8 Å². The van der Waals surface area contributed by atoms with Crippen molar-refractivity contribution in [2.45, 2.75) is 32.7 Å². The number of carbonyl (C=O) groups is 1. The SMILES string of the molecule is CC1CC(N2CCC(C(=O)O)C2)C1C. The van der Waals surface area contributed by atoms with Crippen molar-refractivity contribution < 1.29 is 9.90 Å². The van der Waals surface area contributed by atoms with E-state index in [1.807, 2.05) is 0 Å². The Morgan fingerprint density at radius 1 is 1.43 bits per heavy atom. The van der Waals surface area contributed by atoms with Gasteiger partial charge in [-0.1, -0.05) is 13.8 Å². The van der Waals surface area contributed by atoms with Crippen molar-refractivity contribution in [3.05, 3.63) is 0 Å². The molecule has 4 unspecified atom stereocenters. The van der Waals surface area contributed by atoms with Gasteiger partial charge < -0.3 is 5.11 Å². The van der Waals surface area contributed by atoms with E-state index in [4.69, 9.17) is 5.11 Å². The maximum atomic E-state index is 10.8. The smallest absolute Gasteiger partial charge is 0.307 e. The molecular formula is C11H19NO2. The zero-order chi connectivity index (χ0) is 10.3. The Labute approximate surface area is 85.1 Å². The van der Waals surface area contributed by atoms with Crippen molar-refractivity contribution in [1.82, 2.24) is 4.90 Å². The minimum Gasteiger partial charge on any atom is -0.481 e. The van der Waals surface area contributed by atoms with Crippen LogP contribution in [0, 0.1) is 17.8 Å². The monoisotopic (exact) mass is 197 g/mol. The molecule has 0 radical (unpaired) electrons. The fourth-order valence-electron chi connectivity index (χ4n) is 2.77. The predicted octanol–water partition coefficient (Wildman–Crippen LogP) is 1.44. The minimum atomic E-state index is -0.618. The number of aliphatic carboxylic acids is 1. The summed E-state index contributed by atoms with van der Waals surface area (Å²) < 4.78 is 0. The summed E-state index contributed by atoms with van der Waals surface area (Å²) in [5.41, 5.74) is 0. The number of hydrogen-bond acceptors (Lipinski definition) is 2. The molecule has 3 nitrogen and oxygen atoms in total. The van der Waals surface area contributed by atoms with Gasteiger partial charge in [-0.2, -0.15) is 0 Å². The van der Waals surface area contributed by atoms with Gasteiger partial charge in [0.25, 0.3) is 0 Å². The fraction of sp³-hybridized carbons (Fsp3) is 0.909. The van der Waals surface area contributed by atoms with Crippen molar-refractivity contribution in [3.63, 3.8) is 0 Å². The lowest BCUT2D eigenvalue weighted by molar-refractivity contribution is -0.141. The molecule has 0 aromatic carbocycles. The topological polar surface area (TPSA) is 40.5 Å². The van der Waals surface area contributed by atoms with Crippen LogP contribution in [-0.2, 0) is 4.79 Å². The maximum Gasteiger partial charge on any atom is 0.307 e. The van der Waals surface area contributed by atoms with E-state index in [0.717, 1.165) is 31.3 Å². The third-order valence-electron chi connectivity index (χ3n) is 4.16. The molecule has 0 spiro atoms. The van der Waals surface area contributed by atoms with Crippen molar-refractivity contribution in [2.75, 3.05) is 13.1 Å². The molecule has 1 saturated carbocycles. The average molecular weight is 197 g/mol. The molecule has 1 saturated heterocycles. The Hall–Kier alpha value is -0.570. The van der Waals surface area contributed by atoms with Crippen LogP contribution in [0.25, 0.3) is 0 Å². The van der Waals surface area contributed by atoms with Crippen LogP contribution in [0.3, 0.4) is 0 Å². The van der Waals surface area contributed by atoms with Gasteiger partial charge in [-0.25, -0.2) is 0 Å². The molecule has 0 amide bonds. The summed E-state index contributed by atoms with van der Waals surface area (Å²) in [6.45, 7) is 6.33. The highest BCUT2D eigenvalue weighted by Crippen LogP contribution is 2.39. The first-order valence-corrected chi connectivity index (χ1v) is 5.56. The quantitative estimate of drug-likeness (QED) is 0.728. The van der Waals surface area contributed by atoms with Gasteiger partial charge in [0.2, 0.25) is 0 Å². The molecule has 1 aliphatic heterocycles. The average Bonchev–Trinajstić information content (AvgIpc) is 2.62. The molecule has 1 heterocycles. The second-order valence-corrected chi connectivity index (χ2v) is 4.96. The molecule has 0 bridgehead atoms. The summed E-state index contributed by atoms with van der Waals surface area (Å²) in [6, 6.07) is 0.661. The highest BCUT2D eigenvalue weighted by molar-refractivity contribution is 5.70. The van der Waals surface area contributed by atoms with Crippen molar-refractivity contribution in [3.8, 4) is 0 Å². The van der Waals surface area contributed by atoms with E-state index in [2.05, 4.69) is 18.7 Å². The van der Waals surface area contributed by atoms with E-state index in [9.17, 15) is 4.79 Å². The van der Waals surface area contributed by atoms with Crippen LogP contribution < -0.4 is 0 Å². The Morgan fingerprint density at radius 2 is 2.14 bits per heavy atom. The van der Waals surface area contributed by atoms with E-state index in [-0.39, 0.29) is 5.92 Å². The largest absolute Gasteiger partial charge is 0.481 e. The summed E-state index contributed by atoms with van der Waals surface area (Å²) in [7, 11) is 0. The molecule has 80 valence electrons. The molecule has 0 aromatic rings. The number of carboxylic acids is 1. The van der Waals surface area contributed by atoms with Gasteiger partial charge in [-0.3, -0.25) is 9.69 Å². The number of carboxylic acid groups (broad SMARTS) is 1. The Kier molecular flexibility index (Phi) is 2.52. The molecule has 3 heteroatoms. The van der Waals surface area contributed by atoms with E-state index in [0.29, 0.717) is 6.04 Å².